The minimum atomic E-state index is -0.287. The highest BCUT2D eigenvalue weighted by Crippen LogP contribution is 2.28. The highest BCUT2D eigenvalue weighted by molar-refractivity contribution is 5.93. The van der Waals surface area contributed by atoms with E-state index in [9.17, 15) is 4.79 Å². The molecule has 1 saturated carbocycles. The lowest BCUT2D eigenvalue weighted by Crippen LogP contribution is -2.30. The van der Waals surface area contributed by atoms with Gasteiger partial charge in [0.25, 0.3) is 0 Å². The number of para-hydroxylation sites is 2. The number of anilines is 1. The van der Waals surface area contributed by atoms with Crippen LogP contribution >= 0.6 is 12.4 Å². The van der Waals surface area contributed by atoms with E-state index in [4.69, 9.17) is 4.74 Å². The number of carbonyl (C=O) groups is 1. The van der Waals surface area contributed by atoms with Crippen molar-refractivity contribution in [2.75, 3.05) is 18.4 Å². The molecule has 0 aliphatic heterocycles. The van der Waals surface area contributed by atoms with Crippen molar-refractivity contribution >= 4 is 24.0 Å². The molecule has 1 amide bonds. The fraction of sp³-hybridized carbons (Fsp3) is 0.562. The molecule has 0 saturated heterocycles. The number of rotatable bonds is 6. The molecule has 1 aliphatic rings. The third kappa shape index (κ3) is 6.82. The predicted molar refractivity (Wildman–Crippen MR) is 88.3 cm³/mol. The van der Waals surface area contributed by atoms with Gasteiger partial charge in [-0.25, -0.2) is 0 Å². The van der Waals surface area contributed by atoms with Gasteiger partial charge < -0.3 is 15.4 Å². The summed E-state index contributed by atoms with van der Waals surface area (Å²) in [5.74, 6) is 1.45. The van der Waals surface area contributed by atoms with Crippen molar-refractivity contribution in [1.82, 2.24) is 5.32 Å². The first-order chi connectivity index (χ1) is 9.44. The second-order valence-corrected chi connectivity index (χ2v) is 6.33. The number of hydrogen-bond donors (Lipinski definition) is 2. The van der Waals surface area contributed by atoms with Crippen LogP contribution in [0.25, 0.3) is 0 Å². The van der Waals surface area contributed by atoms with E-state index in [0.29, 0.717) is 12.3 Å². The lowest BCUT2D eigenvalue weighted by atomic mass is 10.2. The van der Waals surface area contributed by atoms with Crippen LogP contribution in [0.1, 0.15) is 33.6 Å². The Morgan fingerprint density at radius 2 is 1.95 bits per heavy atom. The average molecular weight is 313 g/mol. The van der Waals surface area contributed by atoms with E-state index in [1.165, 1.54) is 12.8 Å². The topological polar surface area (TPSA) is 50.4 Å². The maximum atomic E-state index is 11.9. The molecular weight excluding hydrogens is 288 g/mol. The van der Waals surface area contributed by atoms with Crippen LogP contribution in [0.5, 0.6) is 5.75 Å². The molecule has 0 radical (unpaired) electrons. The van der Waals surface area contributed by atoms with E-state index in [-0.39, 0.29) is 23.9 Å². The molecule has 118 valence electrons. The fourth-order valence-corrected chi connectivity index (χ4v) is 1.89. The number of amides is 1. The summed E-state index contributed by atoms with van der Waals surface area (Å²) in [6.07, 6.45) is 2.58. The molecule has 21 heavy (non-hydrogen) atoms. The van der Waals surface area contributed by atoms with Gasteiger partial charge in [0.15, 0.2) is 0 Å². The van der Waals surface area contributed by atoms with Crippen LogP contribution in [-0.4, -0.2) is 24.6 Å². The molecule has 0 heterocycles. The molecule has 4 nitrogen and oxygen atoms in total. The summed E-state index contributed by atoms with van der Waals surface area (Å²) in [6, 6.07) is 7.53. The number of carbonyl (C=O) groups excluding carboxylic acids is 1. The van der Waals surface area contributed by atoms with Crippen LogP contribution in [0.2, 0.25) is 0 Å². The third-order valence-electron chi connectivity index (χ3n) is 2.99. The van der Waals surface area contributed by atoms with Crippen molar-refractivity contribution in [3.8, 4) is 5.75 Å². The van der Waals surface area contributed by atoms with Crippen molar-refractivity contribution in [1.29, 1.82) is 0 Å². The maximum Gasteiger partial charge on any atom is 0.238 e. The number of benzene rings is 1. The predicted octanol–water partition coefficient (Wildman–Crippen LogP) is 3.22. The number of ether oxygens (including phenoxy) is 1. The van der Waals surface area contributed by atoms with Crippen LogP contribution < -0.4 is 15.4 Å². The van der Waals surface area contributed by atoms with Crippen LogP contribution in [-0.2, 0) is 4.79 Å². The fourth-order valence-electron chi connectivity index (χ4n) is 1.89. The average Bonchev–Trinajstić information content (AvgIpc) is 3.14. The highest BCUT2D eigenvalue weighted by atomic mass is 35.5. The molecule has 1 aliphatic carbocycles. The lowest BCUT2D eigenvalue weighted by Gasteiger charge is -2.23. The molecular formula is C16H25ClN2O2. The molecule has 2 rings (SSSR count). The third-order valence-corrected chi connectivity index (χ3v) is 2.99. The number of halogens is 1. The van der Waals surface area contributed by atoms with Crippen molar-refractivity contribution < 1.29 is 9.53 Å². The van der Waals surface area contributed by atoms with Gasteiger partial charge in [-0.15, -0.1) is 12.4 Å². The zero-order chi connectivity index (χ0) is 14.6. The first-order valence-corrected chi connectivity index (χ1v) is 7.23. The van der Waals surface area contributed by atoms with Crippen LogP contribution in [0.3, 0.4) is 0 Å². The minimum Gasteiger partial charge on any atom is -0.486 e. The number of nitrogens with one attached hydrogen (secondary N) is 2. The van der Waals surface area contributed by atoms with Gasteiger partial charge in [-0.1, -0.05) is 12.1 Å². The lowest BCUT2D eigenvalue weighted by molar-refractivity contribution is -0.115. The van der Waals surface area contributed by atoms with Crippen molar-refractivity contribution in [3.05, 3.63) is 24.3 Å². The Balaban J connectivity index is 0.00000220. The van der Waals surface area contributed by atoms with Gasteiger partial charge in [0.1, 0.15) is 11.4 Å². The summed E-state index contributed by atoms with van der Waals surface area (Å²) in [4.78, 5) is 11.9. The normalized spacial score (nSPS) is 14.2. The Kier molecular flexibility index (Phi) is 6.49. The Bertz CT molecular complexity index is 468. The second-order valence-electron chi connectivity index (χ2n) is 6.33. The van der Waals surface area contributed by atoms with Gasteiger partial charge >= 0.3 is 0 Å². The SMILES string of the molecule is CC(C)(C)Oc1ccccc1NC(=O)CNCC1CC1.Cl. The summed E-state index contributed by atoms with van der Waals surface area (Å²) in [6.45, 7) is 7.25. The smallest absolute Gasteiger partial charge is 0.238 e. The molecule has 1 aromatic rings. The molecule has 0 aromatic heterocycles. The van der Waals surface area contributed by atoms with E-state index < -0.39 is 0 Å². The van der Waals surface area contributed by atoms with E-state index in [1.54, 1.807) is 0 Å². The van der Waals surface area contributed by atoms with Gasteiger partial charge in [-0.2, -0.15) is 0 Å². The Morgan fingerprint density at radius 1 is 1.29 bits per heavy atom. The monoisotopic (exact) mass is 312 g/mol. The second kappa shape index (κ2) is 7.66. The van der Waals surface area contributed by atoms with Gasteiger partial charge in [0, 0.05) is 0 Å². The highest BCUT2D eigenvalue weighted by Gasteiger charge is 2.21. The molecule has 2 N–H and O–H groups in total. The first-order valence-electron chi connectivity index (χ1n) is 7.23. The van der Waals surface area contributed by atoms with Crippen LogP contribution in [0.4, 0.5) is 5.69 Å². The van der Waals surface area contributed by atoms with Gasteiger partial charge in [0.05, 0.1) is 12.2 Å². The summed E-state index contributed by atoms with van der Waals surface area (Å²) in [5.41, 5.74) is 0.436. The first kappa shape index (κ1) is 17.8. The molecule has 1 aromatic carbocycles. The molecule has 0 atom stereocenters. The Labute approximate surface area is 133 Å². The van der Waals surface area contributed by atoms with Gasteiger partial charge in [0.2, 0.25) is 5.91 Å². The molecule has 0 bridgehead atoms. The zero-order valence-electron chi connectivity index (χ0n) is 12.9. The van der Waals surface area contributed by atoms with Crippen LogP contribution in [0.15, 0.2) is 24.3 Å². The quantitative estimate of drug-likeness (QED) is 0.848. The van der Waals surface area contributed by atoms with E-state index in [0.717, 1.165) is 18.2 Å². The van der Waals surface area contributed by atoms with Gasteiger partial charge in [-0.3, -0.25) is 4.79 Å². The molecule has 0 unspecified atom stereocenters. The van der Waals surface area contributed by atoms with Crippen molar-refractivity contribution in [2.45, 2.75) is 39.2 Å². The molecule has 5 heteroatoms. The Hall–Kier alpha value is -1.26. The zero-order valence-corrected chi connectivity index (χ0v) is 13.8. The maximum absolute atomic E-state index is 11.9. The minimum absolute atomic E-state index is 0. The summed E-state index contributed by atoms with van der Waals surface area (Å²) in [5, 5.41) is 6.08. The summed E-state index contributed by atoms with van der Waals surface area (Å²) in [7, 11) is 0. The van der Waals surface area contributed by atoms with E-state index in [2.05, 4.69) is 10.6 Å². The Morgan fingerprint density at radius 3 is 2.57 bits per heavy atom. The van der Waals surface area contributed by atoms with E-state index >= 15 is 0 Å². The molecule has 0 spiro atoms. The summed E-state index contributed by atoms with van der Waals surface area (Å²) >= 11 is 0. The standard InChI is InChI=1S/C16H24N2O2.ClH/c1-16(2,3)20-14-7-5-4-6-13(14)18-15(19)11-17-10-12-8-9-12;/h4-7,12,17H,8-11H2,1-3H3,(H,18,19);1H. The van der Waals surface area contributed by atoms with E-state index in [1.807, 2.05) is 45.0 Å². The van der Waals surface area contributed by atoms with Gasteiger partial charge in [-0.05, 0) is 58.2 Å². The molecule has 1 fully saturated rings. The number of hydrogen-bond acceptors (Lipinski definition) is 3. The van der Waals surface area contributed by atoms with Crippen LogP contribution in [0, 0.1) is 5.92 Å². The largest absolute Gasteiger partial charge is 0.486 e. The van der Waals surface area contributed by atoms with Crippen molar-refractivity contribution in [3.63, 3.8) is 0 Å². The van der Waals surface area contributed by atoms with Crippen molar-refractivity contribution in [2.24, 2.45) is 5.92 Å². The summed E-state index contributed by atoms with van der Waals surface area (Å²) < 4.78 is 5.85.